The van der Waals surface area contributed by atoms with E-state index in [1.54, 1.807) is 57.0 Å². The Bertz CT molecular complexity index is 1230. The molecule has 1 saturated heterocycles. The fourth-order valence-corrected chi connectivity index (χ4v) is 4.99. The zero-order valence-electron chi connectivity index (χ0n) is 22.1. The van der Waals surface area contributed by atoms with Crippen molar-refractivity contribution >= 4 is 35.2 Å². The Kier molecular flexibility index (Phi) is 7.97. The average molecular weight is 541 g/mol. The van der Waals surface area contributed by atoms with Crippen LogP contribution in [-0.2, 0) is 20.7 Å². The number of carbonyl (C=O) groups is 3. The second-order valence-corrected chi connectivity index (χ2v) is 11.0. The summed E-state index contributed by atoms with van der Waals surface area (Å²) in [4.78, 5) is 41.5. The van der Waals surface area contributed by atoms with Crippen LogP contribution in [0.1, 0.15) is 32.8 Å². The summed E-state index contributed by atoms with van der Waals surface area (Å²) in [6.07, 6.45) is 0.118. The third kappa shape index (κ3) is 6.10. The maximum atomic E-state index is 13.9. The second kappa shape index (κ2) is 11.0. The van der Waals surface area contributed by atoms with Crippen molar-refractivity contribution in [3.63, 3.8) is 0 Å². The molecule has 0 unspecified atom stereocenters. The lowest BCUT2D eigenvalue weighted by Crippen LogP contribution is -2.60. The molecule has 0 aliphatic carbocycles. The van der Waals surface area contributed by atoms with Gasteiger partial charge in [-0.3, -0.25) is 9.59 Å². The average Bonchev–Trinajstić information content (AvgIpc) is 3.10. The second-order valence-electron chi connectivity index (χ2n) is 10.6. The molecule has 1 fully saturated rings. The van der Waals surface area contributed by atoms with E-state index in [1.807, 2.05) is 30.3 Å². The predicted molar refractivity (Wildman–Crippen MR) is 144 cm³/mol. The number of fused-ring (bicyclic) bond motifs is 1. The van der Waals surface area contributed by atoms with Gasteiger partial charge in [0.15, 0.2) is 0 Å². The van der Waals surface area contributed by atoms with Gasteiger partial charge in [0.2, 0.25) is 5.91 Å². The highest BCUT2D eigenvalue weighted by Gasteiger charge is 2.54. The maximum absolute atomic E-state index is 13.9. The van der Waals surface area contributed by atoms with Gasteiger partial charge in [0, 0.05) is 26.6 Å². The molecule has 2 aromatic carbocycles. The number of nitrogens with one attached hydrogen (secondary N) is 1. The normalized spacial score (nSPS) is 19.9. The van der Waals surface area contributed by atoms with Crippen molar-refractivity contribution in [3.8, 4) is 5.75 Å². The number of carbonyl (C=O) groups excluding carboxylic acids is 3. The SMILES string of the molecule is CN1N=C2CCN(C(=O)[C@@H](COc3ccccc3Cl)NC(=O)OC(C)(C)C)C[C@@]2(Cc2ccccc2)C1=O. The molecule has 0 spiro atoms. The first-order chi connectivity index (χ1) is 18.0. The minimum absolute atomic E-state index is 0.140. The smallest absolute Gasteiger partial charge is 0.408 e. The van der Waals surface area contributed by atoms with Crippen molar-refractivity contribution in [2.75, 3.05) is 26.7 Å². The number of halogens is 1. The largest absolute Gasteiger partial charge is 0.489 e. The number of hydrogen-bond donors (Lipinski definition) is 1. The van der Waals surface area contributed by atoms with Crippen molar-refractivity contribution in [1.82, 2.24) is 15.2 Å². The minimum atomic E-state index is -1.07. The van der Waals surface area contributed by atoms with Crippen LogP contribution in [-0.4, -0.2) is 71.9 Å². The third-order valence-corrected chi connectivity index (χ3v) is 6.81. The van der Waals surface area contributed by atoms with E-state index in [4.69, 9.17) is 21.1 Å². The number of rotatable bonds is 7. The molecule has 2 heterocycles. The molecule has 0 radical (unpaired) electrons. The minimum Gasteiger partial charge on any atom is -0.489 e. The van der Waals surface area contributed by atoms with Gasteiger partial charge in [0.05, 0.1) is 10.7 Å². The van der Waals surface area contributed by atoms with E-state index in [-0.39, 0.29) is 25.0 Å². The topological polar surface area (TPSA) is 101 Å². The number of alkyl carbamates (subject to hydrolysis) is 1. The molecule has 2 aliphatic rings. The molecule has 3 amide bonds. The highest BCUT2D eigenvalue weighted by molar-refractivity contribution is 6.32. The van der Waals surface area contributed by atoms with E-state index in [0.29, 0.717) is 30.2 Å². The van der Waals surface area contributed by atoms with Gasteiger partial charge in [-0.25, -0.2) is 9.80 Å². The van der Waals surface area contributed by atoms with E-state index in [9.17, 15) is 14.4 Å². The van der Waals surface area contributed by atoms with Crippen LogP contribution in [0.5, 0.6) is 5.75 Å². The lowest BCUT2D eigenvalue weighted by molar-refractivity contribution is -0.141. The Balaban J connectivity index is 1.58. The maximum Gasteiger partial charge on any atom is 0.408 e. The highest BCUT2D eigenvalue weighted by Crippen LogP contribution is 2.38. The highest BCUT2D eigenvalue weighted by atomic mass is 35.5. The first kappa shape index (κ1) is 27.4. The van der Waals surface area contributed by atoms with Gasteiger partial charge in [-0.15, -0.1) is 0 Å². The lowest BCUT2D eigenvalue weighted by atomic mass is 9.73. The fraction of sp³-hybridized carbons (Fsp3) is 0.429. The van der Waals surface area contributed by atoms with E-state index in [0.717, 1.165) is 11.3 Å². The van der Waals surface area contributed by atoms with E-state index in [2.05, 4.69) is 10.4 Å². The van der Waals surface area contributed by atoms with Crippen molar-refractivity contribution in [3.05, 3.63) is 65.2 Å². The number of hydrazone groups is 1. The van der Waals surface area contributed by atoms with Gasteiger partial charge in [0.1, 0.15) is 29.4 Å². The molecule has 0 saturated carbocycles. The van der Waals surface area contributed by atoms with Crippen LogP contribution in [0, 0.1) is 5.41 Å². The summed E-state index contributed by atoms with van der Waals surface area (Å²) in [5, 5.41) is 8.91. The monoisotopic (exact) mass is 540 g/mol. The Morgan fingerprint density at radius 2 is 1.82 bits per heavy atom. The molecule has 0 bridgehead atoms. The Morgan fingerprint density at radius 1 is 1.13 bits per heavy atom. The molecule has 4 rings (SSSR count). The van der Waals surface area contributed by atoms with Crippen LogP contribution in [0.3, 0.4) is 0 Å². The van der Waals surface area contributed by atoms with Crippen molar-refractivity contribution in [2.45, 2.75) is 45.3 Å². The molecule has 38 heavy (non-hydrogen) atoms. The number of hydrogen-bond acceptors (Lipinski definition) is 6. The van der Waals surface area contributed by atoms with Gasteiger partial charge in [0.25, 0.3) is 5.91 Å². The number of para-hydroxylation sites is 1. The standard InChI is InChI=1S/C28H33ClN4O5/c1-27(2,3)38-26(36)30-21(17-37-22-13-9-8-12-20(22)29)24(34)33-15-14-23-28(18-33,25(35)32(4)31-23)16-19-10-6-5-7-11-19/h5-13,21H,14-18H2,1-4H3,(H,30,36)/t21-,28-/m1/s1. The van der Waals surface area contributed by atoms with Crippen LogP contribution in [0.2, 0.25) is 5.02 Å². The van der Waals surface area contributed by atoms with Gasteiger partial charge >= 0.3 is 6.09 Å². The zero-order valence-corrected chi connectivity index (χ0v) is 22.8. The Labute approximate surface area is 227 Å². The Hall–Kier alpha value is -3.59. The first-order valence-electron chi connectivity index (χ1n) is 12.5. The number of amides is 3. The molecular weight excluding hydrogens is 508 g/mol. The number of piperidine rings is 1. The van der Waals surface area contributed by atoms with Gasteiger partial charge in [-0.1, -0.05) is 54.1 Å². The van der Waals surface area contributed by atoms with Crippen molar-refractivity contribution in [1.29, 1.82) is 0 Å². The molecule has 1 N–H and O–H groups in total. The summed E-state index contributed by atoms with van der Waals surface area (Å²) in [6, 6.07) is 15.5. The van der Waals surface area contributed by atoms with Gasteiger partial charge < -0.3 is 19.7 Å². The molecule has 0 aromatic heterocycles. The number of likely N-dealkylation sites (tertiary alicyclic amines) is 1. The summed E-state index contributed by atoms with van der Waals surface area (Å²) >= 11 is 6.23. The predicted octanol–water partition coefficient (Wildman–Crippen LogP) is 3.90. The van der Waals surface area contributed by atoms with Crippen molar-refractivity contribution < 1.29 is 23.9 Å². The van der Waals surface area contributed by atoms with Crippen LogP contribution in [0.25, 0.3) is 0 Å². The summed E-state index contributed by atoms with van der Waals surface area (Å²) in [6.45, 7) is 5.55. The molecule has 2 aromatic rings. The van der Waals surface area contributed by atoms with E-state index < -0.39 is 23.2 Å². The van der Waals surface area contributed by atoms with E-state index in [1.165, 1.54) is 5.01 Å². The molecule has 10 heteroatoms. The number of benzene rings is 2. The summed E-state index contributed by atoms with van der Waals surface area (Å²) in [5.41, 5.74) is 0.0214. The third-order valence-electron chi connectivity index (χ3n) is 6.50. The molecular formula is C28H33ClN4O5. The van der Waals surface area contributed by atoms with Crippen LogP contribution < -0.4 is 10.1 Å². The van der Waals surface area contributed by atoms with Crippen LogP contribution in [0.4, 0.5) is 4.79 Å². The quantitative estimate of drug-likeness (QED) is 0.574. The summed E-state index contributed by atoms with van der Waals surface area (Å²) in [7, 11) is 1.64. The van der Waals surface area contributed by atoms with Crippen LogP contribution in [0.15, 0.2) is 59.7 Å². The molecule has 9 nitrogen and oxygen atoms in total. The van der Waals surface area contributed by atoms with E-state index >= 15 is 0 Å². The van der Waals surface area contributed by atoms with Crippen molar-refractivity contribution in [2.24, 2.45) is 10.5 Å². The molecule has 2 atom stereocenters. The summed E-state index contributed by atoms with van der Waals surface area (Å²) < 4.78 is 11.2. The number of ether oxygens (including phenoxy) is 2. The lowest BCUT2D eigenvalue weighted by Gasteiger charge is -2.40. The number of nitrogens with zero attached hydrogens (tertiary/aromatic N) is 3. The molecule has 202 valence electrons. The van der Waals surface area contributed by atoms with Gasteiger partial charge in [-0.05, 0) is 44.9 Å². The Morgan fingerprint density at radius 3 is 2.50 bits per heavy atom. The zero-order chi connectivity index (χ0) is 27.5. The summed E-state index contributed by atoms with van der Waals surface area (Å²) in [5.74, 6) is -0.145. The first-order valence-corrected chi connectivity index (χ1v) is 12.9. The van der Waals surface area contributed by atoms with Crippen LogP contribution >= 0.6 is 11.6 Å². The molecule has 2 aliphatic heterocycles. The fourth-order valence-electron chi connectivity index (χ4n) is 4.80. The van der Waals surface area contributed by atoms with Gasteiger partial charge in [-0.2, -0.15) is 5.10 Å².